The van der Waals surface area contributed by atoms with Gasteiger partial charge in [0.15, 0.2) is 0 Å². The van der Waals surface area contributed by atoms with Crippen LogP contribution in [-0.4, -0.2) is 28.3 Å². The van der Waals surface area contributed by atoms with Gasteiger partial charge in [0, 0.05) is 5.46 Å². The van der Waals surface area contributed by atoms with Crippen molar-refractivity contribution in [2.24, 2.45) is 5.92 Å². The molecule has 0 bridgehead atoms. The summed E-state index contributed by atoms with van der Waals surface area (Å²) in [5.41, 5.74) is 3.44. The first kappa shape index (κ1) is 14.6. The minimum atomic E-state index is -0.376. The van der Waals surface area contributed by atoms with Crippen molar-refractivity contribution in [1.82, 2.24) is 9.97 Å². The number of nitrogens with one attached hydrogen (secondary N) is 1. The number of aryl methyl sites for hydroxylation is 1. The van der Waals surface area contributed by atoms with Crippen LogP contribution in [0.1, 0.15) is 40.2 Å². The Morgan fingerprint density at radius 3 is 2.52 bits per heavy atom. The van der Waals surface area contributed by atoms with Gasteiger partial charge in [-0.25, -0.2) is 4.98 Å². The summed E-state index contributed by atoms with van der Waals surface area (Å²) in [6.45, 7) is 12.8. The highest BCUT2D eigenvalue weighted by molar-refractivity contribution is 6.65. The van der Waals surface area contributed by atoms with Gasteiger partial charge in [-0.15, -0.1) is 0 Å². The van der Waals surface area contributed by atoms with E-state index in [1.54, 1.807) is 6.33 Å². The molecule has 1 fully saturated rings. The third kappa shape index (κ3) is 2.02. The Kier molecular flexibility index (Phi) is 3.19. The van der Waals surface area contributed by atoms with E-state index >= 15 is 0 Å². The van der Waals surface area contributed by atoms with E-state index in [-0.39, 0.29) is 18.3 Å². The van der Waals surface area contributed by atoms with Gasteiger partial charge in [0.1, 0.15) is 0 Å². The first-order valence-electron chi connectivity index (χ1n) is 7.54. The lowest BCUT2D eigenvalue weighted by Crippen LogP contribution is -2.48. The molecule has 0 aliphatic carbocycles. The zero-order valence-electron chi connectivity index (χ0n) is 13.7. The first-order valence-corrected chi connectivity index (χ1v) is 7.54. The molecule has 3 rings (SSSR count). The van der Waals surface area contributed by atoms with Crippen molar-refractivity contribution in [2.45, 2.75) is 52.7 Å². The van der Waals surface area contributed by atoms with Crippen LogP contribution in [0.15, 0.2) is 18.5 Å². The van der Waals surface area contributed by atoms with Gasteiger partial charge in [-0.05, 0) is 45.2 Å². The quantitative estimate of drug-likeness (QED) is 0.863. The summed E-state index contributed by atoms with van der Waals surface area (Å²) in [6, 6.07) is 4.13. The van der Waals surface area contributed by atoms with Crippen LogP contribution in [-0.2, 0) is 9.31 Å². The normalized spacial score (nSPS) is 25.2. The van der Waals surface area contributed by atoms with Gasteiger partial charge in [-0.2, -0.15) is 0 Å². The number of H-pyrrole nitrogens is 1. The Morgan fingerprint density at radius 1 is 1.19 bits per heavy atom. The van der Waals surface area contributed by atoms with Crippen LogP contribution < -0.4 is 5.46 Å². The van der Waals surface area contributed by atoms with Gasteiger partial charge in [-0.3, -0.25) is 0 Å². The van der Waals surface area contributed by atoms with Crippen molar-refractivity contribution in [3.8, 4) is 0 Å². The second kappa shape index (κ2) is 4.58. The Hall–Kier alpha value is -1.33. The fourth-order valence-electron chi connectivity index (χ4n) is 3.15. The van der Waals surface area contributed by atoms with Gasteiger partial charge in [0.25, 0.3) is 0 Å². The molecule has 1 aromatic heterocycles. The van der Waals surface area contributed by atoms with Crippen molar-refractivity contribution in [3.05, 3.63) is 24.0 Å². The van der Waals surface area contributed by atoms with E-state index in [0.717, 1.165) is 22.1 Å². The second-order valence-corrected chi connectivity index (χ2v) is 6.93. The fourth-order valence-corrected chi connectivity index (χ4v) is 3.15. The van der Waals surface area contributed by atoms with Crippen molar-refractivity contribution in [2.75, 3.05) is 0 Å². The Balaban J connectivity index is 2.09. The van der Waals surface area contributed by atoms with E-state index in [1.165, 1.54) is 0 Å². The molecule has 0 spiro atoms. The summed E-state index contributed by atoms with van der Waals surface area (Å²) in [5, 5.41) is 0. The van der Waals surface area contributed by atoms with Crippen molar-refractivity contribution in [3.63, 3.8) is 0 Å². The molecule has 1 aliphatic rings. The summed E-state index contributed by atoms with van der Waals surface area (Å²) in [7, 11) is -0.376. The number of nitrogens with zero attached hydrogens (tertiary/aromatic N) is 1. The summed E-state index contributed by atoms with van der Waals surface area (Å²) in [4.78, 5) is 7.60. The molecule has 21 heavy (non-hydrogen) atoms. The van der Waals surface area contributed by atoms with E-state index < -0.39 is 0 Å². The molecule has 0 amide bonds. The van der Waals surface area contributed by atoms with Crippen LogP contribution in [0.5, 0.6) is 0 Å². The predicted octanol–water partition coefficient (Wildman–Crippen LogP) is 2.81. The number of hydrogen-bond donors (Lipinski definition) is 1. The Labute approximate surface area is 126 Å². The number of hydrogen-bond acceptors (Lipinski definition) is 3. The monoisotopic (exact) mass is 286 g/mol. The van der Waals surface area contributed by atoms with E-state index in [1.807, 2.05) is 6.07 Å². The summed E-state index contributed by atoms with van der Waals surface area (Å²) < 4.78 is 12.7. The van der Waals surface area contributed by atoms with Crippen LogP contribution in [0.3, 0.4) is 0 Å². The minimum Gasteiger partial charge on any atom is -0.399 e. The van der Waals surface area contributed by atoms with Crippen LogP contribution >= 0.6 is 0 Å². The number of benzene rings is 1. The van der Waals surface area contributed by atoms with Gasteiger partial charge in [0.2, 0.25) is 0 Å². The molecular weight excluding hydrogens is 263 g/mol. The van der Waals surface area contributed by atoms with Crippen molar-refractivity contribution in [1.29, 1.82) is 0 Å². The summed E-state index contributed by atoms with van der Waals surface area (Å²) in [5.74, 6) is 0.358. The van der Waals surface area contributed by atoms with Crippen LogP contribution in [0.25, 0.3) is 11.0 Å². The zero-order valence-corrected chi connectivity index (χ0v) is 13.7. The topological polar surface area (TPSA) is 47.1 Å². The molecule has 0 radical (unpaired) electrons. The lowest BCUT2D eigenvalue weighted by atomic mass is 9.75. The largest absolute Gasteiger partial charge is 0.497 e. The number of fused-ring (bicyclic) bond motifs is 1. The molecule has 1 aromatic carbocycles. The van der Waals surface area contributed by atoms with Crippen LogP contribution in [0.2, 0.25) is 0 Å². The first-order chi connectivity index (χ1) is 9.76. The Bertz CT molecular complexity index is 680. The third-order valence-corrected chi connectivity index (χ3v) is 5.14. The minimum absolute atomic E-state index is 0.331. The van der Waals surface area contributed by atoms with Crippen molar-refractivity contribution < 1.29 is 9.31 Å². The highest BCUT2D eigenvalue weighted by atomic mass is 16.7. The molecule has 2 heterocycles. The SMILES string of the molecule is Cc1ccc2[nH]cnc2c1B1OC(C)(C)C(C)(C(C)C)O1. The number of aromatic amines is 1. The lowest BCUT2D eigenvalue weighted by molar-refractivity contribution is -0.0435. The molecule has 1 N–H and O–H groups in total. The standard InChI is InChI=1S/C16H23BN2O2/c1-10(2)16(6)15(4,5)20-17(21-16)13-11(3)7-8-12-14(13)19-9-18-12/h7-10H,1-6H3,(H,18,19). The molecule has 5 heteroatoms. The van der Waals surface area contributed by atoms with Crippen LogP contribution in [0, 0.1) is 12.8 Å². The smallest absolute Gasteiger partial charge is 0.399 e. The maximum Gasteiger partial charge on any atom is 0.497 e. The average molecular weight is 286 g/mol. The molecular formula is C16H23BN2O2. The molecule has 2 aromatic rings. The fraction of sp³-hybridized carbons (Fsp3) is 0.562. The number of imidazole rings is 1. The lowest BCUT2D eigenvalue weighted by Gasteiger charge is -2.39. The van der Waals surface area contributed by atoms with Gasteiger partial charge in [0.05, 0.1) is 28.6 Å². The zero-order chi connectivity index (χ0) is 15.4. The van der Waals surface area contributed by atoms with Crippen molar-refractivity contribution >= 4 is 23.6 Å². The molecule has 0 saturated carbocycles. The van der Waals surface area contributed by atoms with Gasteiger partial charge >= 0.3 is 7.12 Å². The highest BCUT2D eigenvalue weighted by Crippen LogP contribution is 2.42. The number of aromatic nitrogens is 2. The highest BCUT2D eigenvalue weighted by Gasteiger charge is 2.56. The average Bonchev–Trinajstić information content (AvgIpc) is 2.93. The van der Waals surface area contributed by atoms with E-state index in [4.69, 9.17) is 9.31 Å². The van der Waals surface area contributed by atoms with Gasteiger partial charge < -0.3 is 14.3 Å². The Morgan fingerprint density at radius 2 is 1.90 bits per heavy atom. The second-order valence-electron chi connectivity index (χ2n) is 6.93. The number of rotatable bonds is 2. The predicted molar refractivity (Wildman–Crippen MR) is 85.7 cm³/mol. The molecule has 4 nitrogen and oxygen atoms in total. The molecule has 1 atom stereocenters. The van der Waals surface area contributed by atoms with E-state index in [9.17, 15) is 0 Å². The molecule has 1 aliphatic heterocycles. The summed E-state index contributed by atoms with van der Waals surface area (Å²) >= 11 is 0. The van der Waals surface area contributed by atoms with Gasteiger partial charge in [-0.1, -0.05) is 19.9 Å². The van der Waals surface area contributed by atoms with E-state index in [2.05, 4.69) is 57.6 Å². The molecule has 112 valence electrons. The maximum absolute atomic E-state index is 6.39. The van der Waals surface area contributed by atoms with Crippen LogP contribution in [0.4, 0.5) is 0 Å². The molecule has 1 saturated heterocycles. The summed E-state index contributed by atoms with van der Waals surface area (Å²) in [6.07, 6.45) is 1.72. The van der Waals surface area contributed by atoms with E-state index in [0.29, 0.717) is 5.92 Å². The molecule has 1 unspecified atom stereocenters. The third-order valence-electron chi connectivity index (χ3n) is 5.14. The maximum atomic E-state index is 6.39.